The molecule has 4 nitrogen and oxygen atoms in total. The van der Waals surface area contributed by atoms with Gasteiger partial charge in [0.05, 0.1) is 23.4 Å². The number of carbonyl (C=O) groups excluding carboxylic acids is 1. The van der Waals surface area contributed by atoms with Crippen LogP contribution in [0.25, 0.3) is 10.2 Å². The Kier molecular flexibility index (Phi) is 5.34. The molecule has 3 aromatic rings. The summed E-state index contributed by atoms with van der Waals surface area (Å²) < 4.78 is 6.55. The normalized spacial score (nSPS) is 11.0. The molecule has 0 atom stereocenters. The zero-order valence-electron chi connectivity index (χ0n) is 14.7. The summed E-state index contributed by atoms with van der Waals surface area (Å²) in [6.07, 6.45) is 0.845. The summed E-state index contributed by atoms with van der Waals surface area (Å²) in [5, 5.41) is 0.701. The SMILES string of the molecule is CCOc1ccc2nc(N(C=O)Cc3ccc(C(C)C)cc3)sc2c1. The maximum atomic E-state index is 11.6. The third-order valence-electron chi connectivity index (χ3n) is 4.03. The van der Waals surface area contributed by atoms with E-state index in [0.717, 1.165) is 27.9 Å². The quantitative estimate of drug-likeness (QED) is 0.562. The lowest BCUT2D eigenvalue weighted by atomic mass is 10.0. The Morgan fingerprint density at radius 3 is 2.60 bits per heavy atom. The Hall–Kier alpha value is -2.40. The second-order valence-corrected chi connectivity index (χ2v) is 7.20. The van der Waals surface area contributed by atoms with Crippen molar-refractivity contribution < 1.29 is 9.53 Å². The predicted octanol–water partition coefficient (Wildman–Crippen LogP) is 4.98. The highest BCUT2D eigenvalue weighted by Crippen LogP contribution is 2.31. The van der Waals surface area contributed by atoms with Crippen LogP contribution in [-0.2, 0) is 11.3 Å². The van der Waals surface area contributed by atoms with E-state index >= 15 is 0 Å². The van der Waals surface area contributed by atoms with Crippen LogP contribution in [0.3, 0.4) is 0 Å². The molecule has 2 aromatic carbocycles. The Morgan fingerprint density at radius 2 is 1.96 bits per heavy atom. The first-order valence-electron chi connectivity index (χ1n) is 8.45. The molecule has 0 bridgehead atoms. The molecular formula is C20H22N2O2S. The largest absolute Gasteiger partial charge is 0.494 e. The van der Waals surface area contributed by atoms with Gasteiger partial charge >= 0.3 is 0 Å². The molecule has 0 radical (unpaired) electrons. The minimum absolute atomic E-state index is 0.500. The molecule has 130 valence electrons. The van der Waals surface area contributed by atoms with Crippen LogP contribution in [0, 0.1) is 0 Å². The molecule has 0 aliphatic rings. The van der Waals surface area contributed by atoms with Gasteiger partial charge in [0.1, 0.15) is 5.75 Å². The molecule has 1 amide bonds. The standard InChI is InChI=1S/C20H22N2O2S/c1-4-24-17-9-10-18-19(11-17)25-20(21-18)22(13-23)12-15-5-7-16(8-6-15)14(2)3/h5-11,13-14H,4,12H2,1-3H3. The number of hydrogen-bond donors (Lipinski definition) is 0. The summed E-state index contributed by atoms with van der Waals surface area (Å²) in [7, 11) is 0. The first-order valence-corrected chi connectivity index (χ1v) is 9.26. The van der Waals surface area contributed by atoms with Gasteiger partial charge in [-0.25, -0.2) is 4.98 Å². The molecule has 0 N–H and O–H groups in total. The highest BCUT2D eigenvalue weighted by molar-refractivity contribution is 7.22. The van der Waals surface area contributed by atoms with Crippen LogP contribution in [-0.4, -0.2) is 18.0 Å². The molecule has 1 aromatic heterocycles. The van der Waals surface area contributed by atoms with Gasteiger partial charge in [-0.05, 0) is 42.2 Å². The maximum Gasteiger partial charge on any atom is 0.216 e. The summed E-state index contributed by atoms with van der Waals surface area (Å²) in [5.41, 5.74) is 3.26. The Labute approximate surface area is 152 Å². The molecule has 0 unspecified atom stereocenters. The fourth-order valence-corrected chi connectivity index (χ4v) is 3.59. The number of nitrogens with zero attached hydrogens (tertiary/aromatic N) is 2. The van der Waals surface area contributed by atoms with Gasteiger partial charge in [0, 0.05) is 0 Å². The zero-order valence-corrected chi connectivity index (χ0v) is 15.5. The van der Waals surface area contributed by atoms with Crippen molar-refractivity contribution in [1.29, 1.82) is 0 Å². The summed E-state index contributed by atoms with van der Waals surface area (Å²) in [6.45, 7) is 7.44. The van der Waals surface area contributed by atoms with Gasteiger partial charge in [-0.15, -0.1) is 0 Å². The maximum absolute atomic E-state index is 11.6. The van der Waals surface area contributed by atoms with Crippen molar-refractivity contribution in [1.82, 2.24) is 4.98 Å². The monoisotopic (exact) mass is 354 g/mol. The first kappa shape index (κ1) is 17.4. The van der Waals surface area contributed by atoms with Crippen molar-refractivity contribution in [3.8, 4) is 5.75 Å². The molecule has 0 saturated heterocycles. The minimum atomic E-state index is 0.500. The molecule has 3 rings (SSSR count). The number of carbonyl (C=O) groups is 1. The number of aromatic nitrogens is 1. The van der Waals surface area contributed by atoms with Crippen LogP contribution < -0.4 is 9.64 Å². The van der Waals surface area contributed by atoms with E-state index < -0.39 is 0 Å². The van der Waals surface area contributed by atoms with Crippen LogP contribution in [0.15, 0.2) is 42.5 Å². The van der Waals surface area contributed by atoms with Crippen molar-refractivity contribution in [2.75, 3.05) is 11.5 Å². The molecule has 25 heavy (non-hydrogen) atoms. The Balaban J connectivity index is 1.82. The number of fused-ring (bicyclic) bond motifs is 1. The van der Waals surface area contributed by atoms with Gasteiger partial charge < -0.3 is 4.74 Å². The van der Waals surface area contributed by atoms with E-state index in [9.17, 15) is 4.79 Å². The average molecular weight is 354 g/mol. The lowest BCUT2D eigenvalue weighted by Crippen LogP contribution is -2.20. The zero-order chi connectivity index (χ0) is 17.8. The first-order chi connectivity index (χ1) is 12.1. The van der Waals surface area contributed by atoms with Crippen LogP contribution in [0.4, 0.5) is 5.13 Å². The number of hydrogen-bond acceptors (Lipinski definition) is 4. The number of amides is 1. The lowest BCUT2D eigenvalue weighted by Gasteiger charge is -2.14. The van der Waals surface area contributed by atoms with Crippen molar-refractivity contribution in [2.45, 2.75) is 33.2 Å². The van der Waals surface area contributed by atoms with Gasteiger partial charge in [-0.3, -0.25) is 9.69 Å². The fraction of sp³-hybridized carbons (Fsp3) is 0.300. The van der Waals surface area contributed by atoms with Crippen LogP contribution >= 0.6 is 11.3 Å². The number of benzene rings is 2. The van der Waals surface area contributed by atoms with Crippen molar-refractivity contribution in [3.63, 3.8) is 0 Å². The predicted molar refractivity (Wildman–Crippen MR) is 104 cm³/mol. The molecule has 0 fully saturated rings. The van der Waals surface area contributed by atoms with E-state index in [1.807, 2.05) is 25.1 Å². The molecule has 0 saturated carbocycles. The van der Waals surface area contributed by atoms with Crippen LogP contribution in [0.5, 0.6) is 5.75 Å². The van der Waals surface area contributed by atoms with Gasteiger partial charge in [0.15, 0.2) is 5.13 Å². The van der Waals surface area contributed by atoms with Gasteiger partial charge in [0.2, 0.25) is 6.41 Å². The highest BCUT2D eigenvalue weighted by atomic mass is 32.1. The van der Waals surface area contributed by atoms with Crippen molar-refractivity contribution in [3.05, 3.63) is 53.6 Å². The van der Waals surface area contributed by atoms with Gasteiger partial charge in [-0.1, -0.05) is 49.4 Å². The summed E-state index contributed by atoms with van der Waals surface area (Å²) in [4.78, 5) is 17.8. The second kappa shape index (κ2) is 7.66. The topological polar surface area (TPSA) is 42.4 Å². The van der Waals surface area contributed by atoms with Crippen LogP contribution in [0.1, 0.15) is 37.8 Å². The van der Waals surface area contributed by atoms with E-state index in [1.54, 1.807) is 4.90 Å². The average Bonchev–Trinajstić information content (AvgIpc) is 3.03. The fourth-order valence-electron chi connectivity index (χ4n) is 2.63. The van der Waals surface area contributed by atoms with E-state index in [1.165, 1.54) is 16.9 Å². The molecule has 5 heteroatoms. The molecule has 0 aliphatic heterocycles. The molecule has 1 heterocycles. The highest BCUT2D eigenvalue weighted by Gasteiger charge is 2.13. The van der Waals surface area contributed by atoms with E-state index in [2.05, 4.69) is 43.1 Å². The van der Waals surface area contributed by atoms with Gasteiger partial charge in [0.25, 0.3) is 0 Å². The molecule has 0 aliphatic carbocycles. The molecular weight excluding hydrogens is 332 g/mol. The third kappa shape index (κ3) is 3.99. The minimum Gasteiger partial charge on any atom is -0.494 e. The third-order valence-corrected chi connectivity index (χ3v) is 5.09. The number of thiazole rings is 1. The van der Waals surface area contributed by atoms with Crippen LogP contribution in [0.2, 0.25) is 0 Å². The number of ether oxygens (including phenoxy) is 1. The Morgan fingerprint density at radius 1 is 1.20 bits per heavy atom. The van der Waals surface area contributed by atoms with Crippen molar-refractivity contribution >= 4 is 33.1 Å². The lowest BCUT2D eigenvalue weighted by molar-refractivity contribution is -0.107. The van der Waals surface area contributed by atoms with E-state index in [4.69, 9.17) is 4.74 Å². The van der Waals surface area contributed by atoms with Gasteiger partial charge in [-0.2, -0.15) is 0 Å². The van der Waals surface area contributed by atoms with E-state index in [-0.39, 0.29) is 0 Å². The number of rotatable bonds is 7. The second-order valence-electron chi connectivity index (χ2n) is 6.19. The summed E-state index contributed by atoms with van der Waals surface area (Å²) in [5.74, 6) is 1.33. The smallest absolute Gasteiger partial charge is 0.216 e. The Bertz CT molecular complexity index is 856. The summed E-state index contributed by atoms with van der Waals surface area (Å²) in [6, 6.07) is 14.2. The summed E-state index contributed by atoms with van der Waals surface area (Å²) >= 11 is 1.50. The van der Waals surface area contributed by atoms with Crippen molar-refractivity contribution in [2.24, 2.45) is 0 Å². The van der Waals surface area contributed by atoms with E-state index in [0.29, 0.717) is 24.2 Å². The number of anilines is 1. The molecule has 0 spiro atoms.